The lowest BCUT2D eigenvalue weighted by atomic mass is 10.2. The van der Waals surface area contributed by atoms with E-state index in [2.05, 4.69) is 48.3 Å². The maximum atomic E-state index is 5.80. The summed E-state index contributed by atoms with van der Waals surface area (Å²) in [5.74, 6) is 0. The van der Waals surface area contributed by atoms with E-state index in [9.17, 15) is 0 Å². The van der Waals surface area contributed by atoms with Gasteiger partial charge >= 0.3 is 0 Å². The number of ether oxygens (including phenoxy) is 1. The van der Waals surface area contributed by atoms with Crippen molar-refractivity contribution in [2.45, 2.75) is 30.5 Å². The zero-order valence-corrected chi connectivity index (χ0v) is 14.8. The minimum absolute atomic E-state index is 0.320. The summed E-state index contributed by atoms with van der Waals surface area (Å²) in [4.78, 5) is 2.50. The molecule has 0 aromatic carbocycles. The number of morpholine rings is 1. The molecule has 6 heteroatoms. The van der Waals surface area contributed by atoms with Gasteiger partial charge in [-0.15, -0.1) is 0 Å². The molecule has 1 fully saturated rings. The molecule has 4 nitrogen and oxygen atoms in total. The number of hydrogen-bond donors (Lipinski definition) is 3. The topological polar surface area (TPSA) is 36.5 Å². The first-order valence-corrected chi connectivity index (χ1v) is 9.38. The van der Waals surface area contributed by atoms with Gasteiger partial charge in [0, 0.05) is 56.3 Å². The monoisotopic (exact) mass is 321 g/mol. The van der Waals surface area contributed by atoms with Gasteiger partial charge in [-0.1, -0.05) is 13.8 Å². The van der Waals surface area contributed by atoms with Crippen molar-refractivity contribution in [3.05, 3.63) is 0 Å². The maximum absolute atomic E-state index is 5.80. The Morgan fingerprint density at radius 3 is 2.85 bits per heavy atom. The molecule has 120 valence electrons. The zero-order chi connectivity index (χ0) is 14.8. The highest BCUT2D eigenvalue weighted by atomic mass is 32.2. The van der Waals surface area contributed by atoms with Crippen molar-refractivity contribution in [2.24, 2.45) is 0 Å². The van der Waals surface area contributed by atoms with Gasteiger partial charge in [0.25, 0.3) is 0 Å². The second-order valence-corrected chi connectivity index (χ2v) is 7.71. The molecule has 2 N–H and O–H groups in total. The molecule has 2 unspecified atom stereocenters. The summed E-state index contributed by atoms with van der Waals surface area (Å²) in [6.07, 6.45) is 2.48. The molecule has 0 radical (unpaired) electrons. The van der Waals surface area contributed by atoms with Gasteiger partial charge in [-0.3, -0.25) is 4.90 Å². The third kappa shape index (κ3) is 8.74. The molecule has 1 heterocycles. The summed E-state index contributed by atoms with van der Waals surface area (Å²) < 4.78 is 5.80. The van der Waals surface area contributed by atoms with Crippen molar-refractivity contribution < 1.29 is 4.74 Å². The molecule has 0 amide bonds. The lowest BCUT2D eigenvalue weighted by Gasteiger charge is -2.33. The Balaban J connectivity index is 2.08. The lowest BCUT2D eigenvalue weighted by Crippen LogP contribution is -2.48. The van der Waals surface area contributed by atoms with Crippen LogP contribution < -0.4 is 10.6 Å². The van der Waals surface area contributed by atoms with Crippen molar-refractivity contribution in [2.75, 3.05) is 58.7 Å². The van der Waals surface area contributed by atoms with Gasteiger partial charge in [0.2, 0.25) is 0 Å². The Morgan fingerprint density at radius 2 is 2.15 bits per heavy atom. The first-order valence-electron chi connectivity index (χ1n) is 7.58. The Kier molecular flexibility index (Phi) is 10.4. The second-order valence-electron chi connectivity index (χ2n) is 5.55. The van der Waals surface area contributed by atoms with Gasteiger partial charge in [0.05, 0.1) is 12.7 Å². The van der Waals surface area contributed by atoms with Crippen LogP contribution in [-0.2, 0) is 4.74 Å². The van der Waals surface area contributed by atoms with Crippen LogP contribution in [0, 0.1) is 0 Å². The van der Waals surface area contributed by atoms with E-state index in [0.29, 0.717) is 16.6 Å². The minimum Gasteiger partial charge on any atom is -0.374 e. The molecule has 1 aliphatic rings. The predicted molar refractivity (Wildman–Crippen MR) is 93.3 cm³/mol. The maximum Gasteiger partial charge on any atom is 0.0826 e. The summed E-state index contributed by atoms with van der Waals surface area (Å²) in [7, 11) is 0. The third-order valence-electron chi connectivity index (χ3n) is 3.47. The van der Waals surface area contributed by atoms with Gasteiger partial charge in [-0.25, -0.2) is 0 Å². The number of thioether (sulfide) groups is 1. The van der Waals surface area contributed by atoms with Gasteiger partial charge < -0.3 is 15.4 Å². The summed E-state index contributed by atoms with van der Waals surface area (Å²) >= 11 is 6.28. The number of nitrogens with one attached hydrogen (secondary N) is 2. The number of nitrogens with zero attached hydrogens (tertiary/aromatic N) is 1. The van der Waals surface area contributed by atoms with E-state index in [1.54, 1.807) is 0 Å². The molecular weight excluding hydrogens is 290 g/mol. The van der Waals surface area contributed by atoms with Gasteiger partial charge in [-0.05, 0) is 6.26 Å². The van der Waals surface area contributed by atoms with E-state index in [-0.39, 0.29) is 0 Å². The molecule has 0 saturated carbocycles. The predicted octanol–water partition coefficient (Wildman–Crippen LogP) is 0.936. The summed E-state index contributed by atoms with van der Waals surface area (Å²) in [5.41, 5.74) is 0. The van der Waals surface area contributed by atoms with Crippen molar-refractivity contribution in [3.63, 3.8) is 0 Å². The lowest BCUT2D eigenvalue weighted by molar-refractivity contribution is -0.0263. The van der Waals surface area contributed by atoms with Crippen LogP contribution in [0.25, 0.3) is 0 Å². The highest BCUT2D eigenvalue weighted by Gasteiger charge is 2.19. The fourth-order valence-electron chi connectivity index (χ4n) is 2.19. The van der Waals surface area contributed by atoms with Gasteiger partial charge in [0.15, 0.2) is 0 Å². The first-order chi connectivity index (χ1) is 9.61. The largest absolute Gasteiger partial charge is 0.374 e. The molecule has 1 saturated heterocycles. The average Bonchev–Trinajstić information content (AvgIpc) is 2.43. The SMILES string of the molecule is CSC(C)CNCCN1CCO[C@H](CNCC(C)S)C1. The van der Waals surface area contributed by atoms with Crippen LogP contribution in [0.15, 0.2) is 0 Å². The zero-order valence-electron chi connectivity index (χ0n) is 13.1. The first kappa shape index (κ1) is 18.6. The second kappa shape index (κ2) is 11.2. The van der Waals surface area contributed by atoms with E-state index >= 15 is 0 Å². The van der Waals surface area contributed by atoms with Crippen LogP contribution in [-0.4, -0.2) is 80.2 Å². The number of hydrogen-bond acceptors (Lipinski definition) is 6. The van der Waals surface area contributed by atoms with Crippen LogP contribution in [0.2, 0.25) is 0 Å². The molecule has 0 aliphatic carbocycles. The molecule has 1 rings (SSSR count). The molecule has 0 aromatic heterocycles. The van der Waals surface area contributed by atoms with Crippen LogP contribution in [0.5, 0.6) is 0 Å². The van der Waals surface area contributed by atoms with E-state index in [4.69, 9.17) is 4.74 Å². The molecule has 0 aromatic rings. The van der Waals surface area contributed by atoms with Gasteiger partial charge in [-0.2, -0.15) is 24.4 Å². The molecular formula is C14H31N3OS2. The molecule has 3 atom stereocenters. The minimum atomic E-state index is 0.320. The van der Waals surface area contributed by atoms with E-state index in [1.165, 1.54) is 0 Å². The number of rotatable bonds is 10. The number of thiol groups is 1. The summed E-state index contributed by atoms with van der Waals surface area (Å²) in [6.45, 7) is 12.5. The normalized spacial score (nSPS) is 23.7. The highest BCUT2D eigenvalue weighted by molar-refractivity contribution is 7.99. The van der Waals surface area contributed by atoms with Crippen molar-refractivity contribution >= 4 is 24.4 Å². The smallest absolute Gasteiger partial charge is 0.0826 e. The quantitative estimate of drug-likeness (QED) is 0.412. The fourth-order valence-corrected chi connectivity index (χ4v) is 2.60. The summed E-state index contributed by atoms with van der Waals surface area (Å²) in [6, 6.07) is 0. The van der Waals surface area contributed by atoms with E-state index in [1.807, 2.05) is 11.8 Å². The van der Waals surface area contributed by atoms with Crippen LogP contribution in [0.1, 0.15) is 13.8 Å². The highest BCUT2D eigenvalue weighted by Crippen LogP contribution is 2.05. The Morgan fingerprint density at radius 1 is 1.35 bits per heavy atom. The van der Waals surface area contributed by atoms with Crippen molar-refractivity contribution in [1.29, 1.82) is 0 Å². The Labute approximate surface area is 134 Å². The van der Waals surface area contributed by atoms with Crippen molar-refractivity contribution in [3.8, 4) is 0 Å². The molecule has 0 spiro atoms. The van der Waals surface area contributed by atoms with Crippen LogP contribution in [0.3, 0.4) is 0 Å². The Bertz CT molecular complexity index is 244. The standard InChI is InChI=1S/C14H31N3OS2/c1-12(19)8-16-10-14-11-17(6-7-18-14)5-4-15-9-13(2)20-3/h12-16,19H,4-11H2,1-3H3/t12?,13?,14-/m1/s1. The summed E-state index contributed by atoms with van der Waals surface area (Å²) in [5, 5.41) is 8.04. The third-order valence-corrected chi connectivity index (χ3v) is 4.63. The molecule has 20 heavy (non-hydrogen) atoms. The Hall–Kier alpha value is 0.540. The van der Waals surface area contributed by atoms with Crippen molar-refractivity contribution in [1.82, 2.24) is 15.5 Å². The van der Waals surface area contributed by atoms with E-state index < -0.39 is 0 Å². The fraction of sp³-hybridized carbons (Fsp3) is 1.00. The van der Waals surface area contributed by atoms with E-state index in [0.717, 1.165) is 52.4 Å². The molecule has 0 bridgehead atoms. The van der Waals surface area contributed by atoms with Gasteiger partial charge in [0.1, 0.15) is 0 Å². The van der Waals surface area contributed by atoms with Crippen LogP contribution >= 0.6 is 24.4 Å². The van der Waals surface area contributed by atoms with Crippen LogP contribution in [0.4, 0.5) is 0 Å². The average molecular weight is 322 g/mol. The molecule has 1 aliphatic heterocycles.